The third kappa shape index (κ3) is 1.50. The Morgan fingerprint density at radius 3 is 2.73 bits per heavy atom. The highest BCUT2D eigenvalue weighted by molar-refractivity contribution is 9.11. The van der Waals surface area contributed by atoms with Crippen LogP contribution in [0.25, 0.3) is 10.0 Å². The standard InChI is InChI=1S/C6H3BrN2S2/c7-4-3-9-6(11-4)5-8-1-2-10-5/h1-3H. The summed E-state index contributed by atoms with van der Waals surface area (Å²) in [5, 5.41) is 3.91. The van der Waals surface area contributed by atoms with Crippen molar-refractivity contribution >= 4 is 38.6 Å². The van der Waals surface area contributed by atoms with Crippen LogP contribution in [0.4, 0.5) is 0 Å². The normalized spacial score (nSPS) is 10.3. The summed E-state index contributed by atoms with van der Waals surface area (Å²) in [4.78, 5) is 8.32. The zero-order valence-corrected chi connectivity index (χ0v) is 8.54. The van der Waals surface area contributed by atoms with Crippen molar-refractivity contribution in [1.29, 1.82) is 0 Å². The first-order valence-electron chi connectivity index (χ1n) is 2.87. The van der Waals surface area contributed by atoms with Crippen LogP contribution in [0.2, 0.25) is 0 Å². The Balaban J connectivity index is 2.45. The van der Waals surface area contributed by atoms with Gasteiger partial charge in [-0.25, -0.2) is 9.97 Å². The lowest BCUT2D eigenvalue weighted by molar-refractivity contribution is 1.35. The molecule has 0 saturated heterocycles. The van der Waals surface area contributed by atoms with E-state index in [0.717, 1.165) is 13.8 Å². The third-order valence-electron chi connectivity index (χ3n) is 1.09. The molecular weight excluding hydrogens is 244 g/mol. The van der Waals surface area contributed by atoms with E-state index in [1.165, 1.54) is 0 Å². The van der Waals surface area contributed by atoms with E-state index in [0.29, 0.717) is 0 Å². The molecule has 0 atom stereocenters. The van der Waals surface area contributed by atoms with E-state index in [9.17, 15) is 0 Å². The molecule has 0 aliphatic heterocycles. The van der Waals surface area contributed by atoms with Gasteiger partial charge in [0.05, 0.1) is 9.98 Å². The Bertz CT molecular complexity index is 341. The summed E-state index contributed by atoms with van der Waals surface area (Å²) in [5.74, 6) is 0. The largest absolute Gasteiger partial charge is 0.242 e. The summed E-state index contributed by atoms with van der Waals surface area (Å²) in [7, 11) is 0. The van der Waals surface area contributed by atoms with E-state index < -0.39 is 0 Å². The number of rotatable bonds is 1. The molecule has 0 amide bonds. The average molecular weight is 247 g/mol. The van der Waals surface area contributed by atoms with E-state index >= 15 is 0 Å². The Hall–Kier alpha value is -0.260. The van der Waals surface area contributed by atoms with Crippen molar-refractivity contribution in [3.63, 3.8) is 0 Å². The molecule has 0 bridgehead atoms. The summed E-state index contributed by atoms with van der Waals surface area (Å²) in [6.45, 7) is 0. The zero-order valence-electron chi connectivity index (χ0n) is 5.32. The molecule has 2 heterocycles. The predicted octanol–water partition coefficient (Wildman–Crippen LogP) is 3.03. The molecule has 0 aromatic carbocycles. The van der Waals surface area contributed by atoms with E-state index in [-0.39, 0.29) is 0 Å². The Kier molecular flexibility index (Phi) is 2.02. The molecule has 56 valence electrons. The summed E-state index contributed by atoms with van der Waals surface area (Å²) < 4.78 is 1.04. The maximum absolute atomic E-state index is 4.18. The minimum absolute atomic E-state index is 0.979. The first kappa shape index (κ1) is 7.39. The van der Waals surface area contributed by atoms with Crippen molar-refractivity contribution in [2.24, 2.45) is 0 Å². The van der Waals surface area contributed by atoms with Crippen molar-refractivity contribution in [3.05, 3.63) is 21.6 Å². The second-order valence-electron chi connectivity index (χ2n) is 1.81. The highest BCUT2D eigenvalue weighted by atomic mass is 79.9. The second kappa shape index (κ2) is 3.00. The van der Waals surface area contributed by atoms with Gasteiger partial charge < -0.3 is 0 Å². The van der Waals surface area contributed by atoms with E-state index in [1.807, 2.05) is 5.38 Å². The SMILES string of the molecule is Brc1cnc(-c2nccs2)s1. The summed E-state index contributed by atoms with van der Waals surface area (Å²) in [5.41, 5.74) is 0. The van der Waals surface area contributed by atoms with Crippen LogP contribution < -0.4 is 0 Å². The predicted molar refractivity (Wildman–Crippen MR) is 50.9 cm³/mol. The zero-order chi connectivity index (χ0) is 7.68. The van der Waals surface area contributed by atoms with Crippen LogP contribution in [0.5, 0.6) is 0 Å². The van der Waals surface area contributed by atoms with Crippen LogP contribution in [0, 0.1) is 0 Å². The molecular formula is C6H3BrN2S2. The molecule has 5 heteroatoms. The van der Waals surface area contributed by atoms with Crippen LogP contribution >= 0.6 is 38.6 Å². The summed E-state index contributed by atoms with van der Waals surface area (Å²) in [6, 6.07) is 0. The van der Waals surface area contributed by atoms with Crippen LogP contribution in [0.3, 0.4) is 0 Å². The van der Waals surface area contributed by atoms with Gasteiger partial charge in [0.25, 0.3) is 0 Å². The molecule has 2 nitrogen and oxygen atoms in total. The van der Waals surface area contributed by atoms with Crippen molar-refractivity contribution in [2.45, 2.75) is 0 Å². The van der Waals surface area contributed by atoms with Gasteiger partial charge in [0.1, 0.15) is 0 Å². The topological polar surface area (TPSA) is 25.8 Å². The molecule has 11 heavy (non-hydrogen) atoms. The van der Waals surface area contributed by atoms with E-state index in [4.69, 9.17) is 0 Å². The molecule has 2 aromatic heterocycles. The number of halogens is 1. The molecule has 2 aromatic rings. The number of thiazole rings is 2. The van der Waals surface area contributed by atoms with E-state index in [2.05, 4.69) is 25.9 Å². The molecule has 0 saturated carbocycles. The molecule has 0 aliphatic carbocycles. The molecule has 0 fully saturated rings. The van der Waals surface area contributed by atoms with Gasteiger partial charge in [0.15, 0.2) is 10.0 Å². The maximum atomic E-state index is 4.18. The monoisotopic (exact) mass is 246 g/mol. The Labute approximate surface area is 80.1 Å². The van der Waals surface area contributed by atoms with Gasteiger partial charge in [-0.15, -0.1) is 22.7 Å². The fourth-order valence-electron chi connectivity index (χ4n) is 0.682. The molecule has 0 spiro atoms. The minimum atomic E-state index is 0.979. The van der Waals surface area contributed by atoms with E-state index in [1.54, 1.807) is 35.1 Å². The van der Waals surface area contributed by atoms with Gasteiger partial charge in [-0.05, 0) is 15.9 Å². The fraction of sp³-hybridized carbons (Fsp3) is 0. The van der Waals surface area contributed by atoms with Gasteiger partial charge in [0, 0.05) is 11.6 Å². The van der Waals surface area contributed by atoms with Gasteiger partial charge in [-0.3, -0.25) is 0 Å². The Morgan fingerprint density at radius 2 is 2.18 bits per heavy atom. The van der Waals surface area contributed by atoms with Gasteiger partial charge in [0.2, 0.25) is 0 Å². The number of hydrogen-bond donors (Lipinski definition) is 0. The summed E-state index contributed by atoms with van der Waals surface area (Å²) >= 11 is 6.55. The molecule has 0 N–H and O–H groups in total. The van der Waals surface area contributed by atoms with Gasteiger partial charge in [-0.1, -0.05) is 0 Å². The first-order chi connectivity index (χ1) is 5.36. The lowest BCUT2D eigenvalue weighted by Crippen LogP contribution is -1.68. The van der Waals surface area contributed by atoms with Gasteiger partial charge >= 0.3 is 0 Å². The number of nitrogens with zero attached hydrogens (tertiary/aromatic N) is 2. The quantitative estimate of drug-likeness (QED) is 0.774. The van der Waals surface area contributed by atoms with Gasteiger partial charge in [-0.2, -0.15) is 0 Å². The molecule has 0 aliphatic rings. The third-order valence-corrected chi connectivity index (χ3v) is 3.48. The highest BCUT2D eigenvalue weighted by Crippen LogP contribution is 2.29. The maximum Gasteiger partial charge on any atom is 0.153 e. The fourth-order valence-corrected chi connectivity index (χ4v) is 2.58. The number of hydrogen-bond acceptors (Lipinski definition) is 4. The number of aromatic nitrogens is 2. The summed E-state index contributed by atoms with van der Waals surface area (Å²) in [6.07, 6.45) is 3.58. The molecule has 0 unspecified atom stereocenters. The second-order valence-corrected chi connectivity index (χ2v) is 5.11. The van der Waals surface area contributed by atoms with Crippen LogP contribution in [0.1, 0.15) is 0 Å². The van der Waals surface area contributed by atoms with Crippen molar-refractivity contribution in [2.75, 3.05) is 0 Å². The van der Waals surface area contributed by atoms with Crippen LogP contribution in [-0.4, -0.2) is 9.97 Å². The molecule has 0 radical (unpaired) electrons. The van der Waals surface area contributed by atoms with Crippen LogP contribution in [0.15, 0.2) is 21.6 Å². The average Bonchev–Trinajstić information content (AvgIpc) is 2.55. The first-order valence-corrected chi connectivity index (χ1v) is 5.36. The van der Waals surface area contributed by atoms with Crippen molar-refractivity contribution in [1.82, 2.24) is 9.97 Å². The van der Waals surface area contributed by atoms with Crippen LogP contribution in [-0.2, 0) is 0 Å². The lowest BCUT2D eigenvalue weighted by atomic mass is 10.7. The lowest BCUT2D eigenvalue weighted by Gasteiger charge is -1.82. The smallest absolute Gasteiger partial charge is 0.153 e. The minimum Gasteiger partial charge on any atom is -0.242 e. The molecule has 2 rings (SSSR count). The van der Waals surface area contributed by atoms with Crippen molar-refractivity contribution in [3.8, 4) is 10.0 Å². The van der Waals surface area contributed by atoms with Crippen molar-refractivity contribution < 1.29 is 0 Å². The highest BCUT2D eigenvalue weighted by Gasteiger charge is 2.03. The Morgan fingerprint density at radius 1 is 1.27 bits per heavy atom.